The summed E-state index contributed by atoms with van der Waals surface area (Å²) in [5.41, 5.74) is 5.43. The number of phenols is 1. The van der Waals surface area contributed by atoms with Crippen molar-refractivity contribution in [1.29, 1.82) is 0 Å². The maximum absolute atomic E-state index is 12.4. The van der Waals surface area contributed by atoms with E-state index in [4.69, 9.17) is 4.74 Å². The quantitative estimate of drug-likeness (QED) is 0.474. The van der Waals surface area contributed by atoms with Gasteiger partial charge in [0.2, 0.25) is 0 Å². The van der Waals surface area contributed by atoms with Gasteiger partial charge in [-0.1, -0.05) is 78.9 Å². The van der Waals surface area contributed by atoms with Crippen molar-refractivity contribution in [2.24, 2.45) is 0 Å². The summed E-state index contributed by atoms with van der Waals surface area (Å²) in [4.78, 5) is 12.4. The summed E-state index contributed by atoms with van der Waals surface area (Å²) in [6.07, 6.45) is -0.496. The van der Waals surface area contributed by atoms with Crippen LogP contribution in [0.15, 0.2) is 84.9 Å². The molecule has 1 aliphatic rings. The van der Waals surface area contributed by atoms with Crippen molar-refractivity contribution < 1.29 is 14.6 Å². The van der Waals surface area contributed by atoms with E-state index in [2.05, 4.69) is 29.6 Å². The smallest absolute Gasteiger partial charge is 0.407 e. The second-order valence-corrected chi connectivity index (χ2v) is 7.46. The van der Waals surface area contributed by atoms with Gasteiger partial charge in [-0.2, -0.15) is 0 Å². The Labute approximate surface area is 174 Å². The average molecular weight is 395 g/mol. The lowest BCUT2D eigenvalue weighted by Crippen LogP contribution is -2.25. The Morgan fingerprint density at radius 3 is 2.20 bits per heavy atom. The minimum Gasteiger partial charge on any atom is -0.508 e. The Bertz CT molecular complexity index is 1200. The first-order valence-electron chi connectivity index (χ1n) is 10.0. The van der Waals surface area contributed by atoms with Gasteiger partial charge in [-0.25, -0.2) is 4.79 Å². The third-order valence-electron chi connectivity index (χ3n) is 5.77. The Balaban J connectivity index is 1.30. The molecular formula is C26H21NO3. The lowest BCUT2D eigenvalue weighted by Gasteiger charge is -2.15. The largest absolute Gasteiger partial charge is 0.508 e. The Morgan fingerprint density at radius 2 is 1.47 bits per heavy atom. The van der Waals surface area contributed by atoms with Gasteiger partial charge in [0.05, 0.1) is 6.54 Å². The van der Waals surface area contributed by atoms with E-state index in [-0.39, 0.29) is 24.8 Å². The summed E-state index contributed by atoms with van der Waals surface area (Å²) in [7, 11) is 0. The van der Waals surface area contributed by atoms with Crippen LogP contribution in [-0.4, -0.2) is 17.8 Å². The number of nitrogens with one attached hydrogen (secondary N) is 1. The average Bonchev–Trinajstić information content (AvgIpc) is 3.11. The van der Waals surface area contributed by atoms with E-state index >= 15 is 0 Å². The molecule has 0 aliphatic heterocycles. The van der Waals surface area contributed by atoms with Crippen molar-refractivity contribution in [3.05, 3.63) is 102 Å². The topological polar surface area (TPSA) is 58.6 Å². The number of alkyl carbamates (subject to hydrolysis) is 1. The normalized spacial score (nSPS) is 12.4. The summed E-state index contributed by atoms with van der Waals surface area (Å²) in [6, 6.07) is 27.8. The first kappa shape index (κ1) is 18.3. The van der Waals surface area contributed by atoms with Gasteiger partial charge in [-0.15, -0.1) is 0 Å². The molecule has 0 fully saturated rings. The highest BCUT2D eigenvalue weighted by Crippen LogP contribution is 2.44. The molecule has 30 heavy (non-hydrogen) atoms. The van der Waals surface area contributed by atoms with E-state index in [1.165, 1.54) is 22.3 Å². The van der Waals surface area contributed by atoms with Crippen LogP contribution in [0.1, 0.15) is 22.6 Å². The zero-order valence-electron chi connectivity index (χ0n) is 16.3. The van der Waals surface area contributed by atoms with Gasteiger partial charge < -0.3 is 15.2 Å². The SMILES string of the molecule is O=C(NCc1c(O)ccc2ccccc12)OCC1c2ccccc2-c2ccccc21. The fraction of sp³-hybridized carbons (Fsp3) is 0.115. The summed E-state index contributed by atoms with van der Waals surface area (Å²) >= 11 is 0. The Morgan fingerprint density at radius 1 is 0.833 bits per heavy atom. The number of carbonyl (C=O) groups excluding carboxylic acids is 1. The van der Waals surface area contributed by atoms with Crippen molar-refractivity contribution in [2.75, 3.05) is 6.61 Å². The highest BCUT2D eigenvalue weighted by Gasteiger charge is 2.29. The van der Waals surface area contributed by atoms with Crippen LogP contribution in [0.25, 0.3) is 21.9 Å². The maximum atomic E-state index is 12.4. The van der Waals surface area contributed by atoms with Crippen LogP contribution in [0.5, 0.6) is 5.75 Å². The molecule has 4 aromatic carbocycles. The fourth-order valence-electron chi connectivity index (χ4n) is 4.32. The molecule has 0 saturated heterocycles. The van der Waals surface area contributed by atoms with Crippen molar-refractivity contribution in [3.63, 3.8) is 0 Å². The molecule has 0 bridgehead atoms. The molecule has 0 saturated carbocycles. The predicted molar refractivity (Wildman–Crippen MR) is 118 cm³/mol. The third-order valence-corrected chi connectivity index (χ3v) is 5.77. The summed E-state index contributed by atoms with van der Waals surface area (Å²) < 4.78 is 5.58. The lowest BCUT2D eigenvalue weighted by molar-refractivity contribution is 0.142. The van der Waals surface area contributed by atoms with Crippen molar-refractivity contribution >= 4 is 16.9 Å². The molecule has 4 nitrogen and oxygen atoms in total. The van der Waals surface area contributed by atoms with Crippen LogP contribution in [0, 0.1) is 0 Å². The van der Waals surface area contributed by atoms with Crippen LogP contribution in [0.3, 0.4) is 0 Å². The molecule has 2 N–H and O–H groups in total. The standard InChI is InChI=1S/C26H21NO3/c28-25-14-13-17-7-1-2-8-18(17)23(25)15-27-26(29)30-16-24-21-11-5-3-9-19(21)20-10-4-6-12-22(20)24/h1-14,24,28H,15-16H2,(H,27,29). The van der Waals surface area contributed by atoms with E-state index in [0.29, 0.717) is 5.56 Å². The molecule has 0 spiro atoms. The fourth-order valence-corrected chi connectivity index (χ4v) is 4.32. The molecule has 4 aromatic rings. The number of fused-ring (bicyclic) bond motifs is 4. The van der Waals surface area contributed by atoms with Crippen LogP contribution in [0.2, 0.25) is 0 Å². The Hall–Kier alpha value is -3.79. The molecular weight excluding hydrogens is 374 g/mol. The van der Waals surface area contributed by atoms with E-state index < -0.39 is 6.09 Å². The molecule has 0 heterocycles. The molecule has 5 rings (SSSR count). The second-order valence-electron chi connectivity index (χ2n) is 7.46. The van der Waals surface area contributed by atoms with Crippen LogP contribution < -0.4 is 5.32 Å². The van der Waals surface area contributed by atoms with Gasteiger partial charge in [0, 0.05) is 11.5 Å². The highest BCUT2D eigenvalue weighted by atomic mass is 16.5. The van der Waals surface area contributed by atoms with Gasteiger partial charge in [-0.3, -0.25) is 0 Å². The Kier molecular flexibility index (Phi) is 4.60. The second kappa shape index (κ2) is 7.56. The molecule has 4 heteroatoms. The van der Waals surface area contributed by atoms with Crippen LogP contribution >= 0.6 is 0 Å². The molecule has 0 radical (unpaired) electrons. The first-order chi connectivity index (χ1) is 14.7. The van der Waals surface area contributed by atoms with Crippen LogP contribution in [-0.2, 0) is 11.3 Å². The number of ether oxygens (including phenoxy) is 1. The lowest BCUT2D eigenvalue weighted by atomic mass is 9.98. The molecule has 0 unspecified atom stereocenters. The van der Waals surface area contributed by atoms with E-state index in [1.54, 1.807) is 6.07 Å². The van der Waals surface area contributed by atoms with Crippen LogP contribution in [0.4, 0.5) is 4.79 Å². The van der Waals surface area contributed by atoms with E-state index in [1.807, 2.05) is 54.6 Å². The van der Waals surface area contributed by atoms with E-state index in [9.17, 15) is 9.90 Å². The van der Waals surface area contributed by atoms with Gasteiger partial charge in [0.1, 0.15) is 12.4 Å². The van der Waals surface area contributed by atoms with Gasteiger partial charge in [0.15, 0.2) is 0 Å². The summed E-state index contributed by atoms with van der Waals surface area (Å²) in [6.45, 7) is 0.464. The van der Waals surface area contributed by atoms with Gasteiger partial charge in [0.25, 0.3) is 0 Å². The maximum Gasteiger partial charge on any atom is 0.407 e. The number of hydrogen-bond acceptors (Lipinski definition) is 3. The van der Waals surface area contributed by atoms with Crippen molar-refractivity contribution in [3.8, 4) is 16.9 Å². The zero-order valence-corrected chi connectivity index (χ0v) is 16.3. The number of benzene rings is 4. The number of carbonyl (C=O) groups is 1. The predicted octanol–water partition coefficient (Wildman–Crippen LogP) is 5.58. The molecule has 1 amide bonds. The number of hydrogen-bond donors (Lipinski definition) is 2. The molecule has 1 aliphatic carbocycles. The monoisotopic (exact) mass is 395 g/mol. The summed E-state index contributed by atoms with van der Waals surface area (Å²) in [5.74, 6) is 0.182. The first-order valence-corrected chi connectivity index (χ1v) is 10.0. The van der Waals surface area contributed by atoms with Gasteiger partial charge >= 0.3 is 6.09 Å². The number of rotatable bonds is 4. The number of aromatic hydroxyl groups is 1. The zero-order chi connectivity index (χ0) is 20.5. The molecule has 0 atom stereocenters. The summed E-state index contributed by atoms with van der Waals surface area (Å²) in [5, 5.41) is 15.0. The van der Waals surface area contributed by atoms with Crippen molar-refractivity contribution in [2.45, 2.75) is 12.5 Å². The van der Waals surface area contributed by atoms with Gasteiger partial charge in [-0.05, 0) is 39.1 Å². The minimum atomic E-state index is -0.496. The minimum absolute atomic E-state index is 0.0223. The molecule has 0 aromatic heterocycles. The number of phenolic OH excluding ortho intramolecular Hbond substituents is 1. The van der Waals surface area contributed by atoms with E-state index in [0.717, 1.165) is 10.8 Å². The third kappa shape index (κ3) is 3.16. The number of amides is 1. The van der Waals surface area contributed by atoms with Crippen molar-refractivity contribution in [1.82, 2.24) is 5.32 Å². The highest BCUT2D eigenvalue weighted by molar-refractivity contribution is 5.88. The molecule has 148 valence electrons.